The molecule has 24 nitrogen and oxygen atoms in total. The van der Waals surface area contributed by atoms with Gasteiger partial charge in [0.25, 0.3) is 15.6 Å². The number of carbonyl (C=O) groups excluding carboxylic acids is 3. The van der Waals surface area contributed by atoms with E-state index < -0.39 is 84.6 Å². The van der Waals surface area contributed by atoms with Crippen molar-refractivity contribution in [1.29, 1.82) is 0 Å². The third-order valence-corrected chi connectivity index (χ3v) is 14.3. The van der Waals surface area contributed by atoms with Crippen LogP contribution in [0.3, 0.4) is 0 Å². The Balaban J connectivity index is 1.30. The number of hydrogen-bond donors (Lipinski definition) is 5. The van der Waals surface area contributed by atoms with Gasteiger partial charge >= 0.3 is 0 Å². The van der Waals surface area contributed by atoms with E-state index in [0.29, 0.717) is 12.2 Å². The van der Waals surface area contributed by atoms with E-state index in [1.165, 1.54) is 52.4 Å². The third-order valence-electron chi connectivity index (χ3n) is 10.4. The molecule has 7 atom stereocenters. The number of unbranched alkanes of at least 4 members (excludes halogenated alkanes) is 11. The average molecular weight is 1030 g/mol. The van der Waals surface area contributed by atoms with Gasteiger partial charge in [0, 0.05) is 37.1 Å². The zero-order valence-electron chi connectivity index (χ0n) is 38.0. The second kappa shape index (κ2) is 28.8. The summed E-state index contributed by atoms with van der Waals surface area (Å²) in [5.41, 5.74) is 4.09. The molecule has 0 bridgehead atoms. The lowest BCUT2D eigenvalue weighted by atomic mass is 9.87. The van der Waals surface area contributed by atoms with Crippen LogP contribution in [-0.2, 0) is 50.7 Å². The van der Waals surface area contributed by atoms with Crippen molar-refractivity contribution in [2.45, 2.75) is 148 Å². The minimum absolute atomic E-state index is 0.0188. The Kier molecular flexibility index (Phi) is 25.2. The number of allylic oxidation sites excluding steroid dienone is 2. The SMILES string of the molecule is CCCCCCCCC=CCCCCCCCC(=O)SCCNC(=O)CCNC(=O)C(O)C(C)(C)COP(=O)([O-])OP(=O)([O-])OCC1OC(n2cnc3c(N)ncnc32)C(O)C1OP(=O)([O-])[O-]. The maximum Gasteiger partial charge on any atom is 0.274 e. The summed E-state index contributed by atoms with van der Waals surface area (Å²) in [6.45, 7) is 2.39. The Labute approximate surface area is 394 Å². The molecular formula is C39H64N7O17P3S-4. The van der Waals surface area contributed by atoms with E-state index in [2.05, 4.69) is 62.5 Å². The van der Waals surface area contributed by atoms with Crippen molar-refractivity contribution in [3.8, 4) is 0 Å². The van der Waals surface area contributed by atoms with Crippen molar-refractivity contribution in [3.05, 3.63) is 24.8 Å². The molecule has 0 saturated carbocycles. The first-order valence-electron chi connectivity index (χ1n) is 22.2. The Bertz CT molecular complexity index is 2040. The molecule has 1 aliphatic rings. The maximum atomic E-state index is 12.6. The molecule has 3 heterocycles. The highest BCUT2D eigenvalue weighted by atomic mass is 32.2. The Morgan fingerprint density at radius 2 is 1.54 bits per heavy atom. The largest absolute Gasteiger partial charge is 0.790 e. The minimum atomic E-state index is -5.92. The van der Waals surface area contributed by atoms with Gasteiger partial charge in [0.1, 0.15) is 36.3 Å². The van der Waals surface area contributed by atoms with Gasteiger partial charge in [-0.1, -0.05) is 96.1 Å². The van der Waals surface area contributed by atoms with Gasteiger partial charge in [-0.05, 0) is 32.1 Å². The normalized spacial score (nSPS) is 20.2. The standard InChI is InChI=1S/C39H68N7O17P3S/c1-4-5-6-7-8-9-10-11-12-13-14-15-16-17-18-19-30(48)67-23-22-41-29(47)20-21-42-37(51)34(50)39(2,3)25-60-66(57,58)63-65(55,56)59-24-28-33(62-64(52,53)54)32(49)38(61-28)46-27-45-31-35(40)43-26-44-36(31)46/h11-12,26-28,32-34,38,49-50H,4-10,13-25H2,1-3H3,(H,41,47)(H,42,51)(H,55,56)(H,57,58)(H2,40,43,44)(H2,52,53,54)/p-4. The molecule has 1 saturated heterocycles. The van der Waals surface area contributed by atoms with Crippen molar-refractivity contribution in [1.82, 2.24) is 30.2 Å². The summed E-state index contributed by atoms with van der Waals surface area (Å²) in [4.78, 5) is 96.8. The fourth-order valence-electron chi connectivity index (χ4n) is 6.68. The molecule has 2 amide bonds. The summed E-state index contributed by atoms with van der Waals surface area (Å²) in [7, 11) is -17.6. The van der Waals surface area contributed by atoms with Gasteiger partial charge in [-0.3, -0.25) is 28.1 Å². The first-order valence-corrected chi connectivity index (χ1v) is 27.5. The quantitative estimate of drug-likeness (QED) is 0.0381. The van der Waals surface area contributed by atoms with Gasteiger partial charge in [-0.2, -0.15) is 0 Å². The molecule has 28 heteroatoms. The molecule has 0 aliphatic carbocycles. The van der Waals surface area contributed by atoms with Crippen LogP contribution in [0.15, 0.2) is 24.8 Å². The second-order valence-corrected chi connectivity index (χ2v) is 21.8. The summed E-state index contributed by atoms with van der Waals surface area (Å²) in [6, 6.07) is 0. The third kappa shape index (κ3) is 21.9. The lowest BCUT2D eigenvalue weighted by Crippen LogP contribution is -2.46. The van der Waals surface area contributed by atoms with Gasteiger partial charge in [0.2, 0.25) is 11.8 Å². The van der Waals surface area contributed by atoms with Crippen molar-refractivity contribution in [3.63, 3.8) is 0 Å². The van der Waals surface area contributed by atoms with Crippen LogP contribution in [-0.4, -0.2) is 103 Å². The highest BCUT2D eigenvalue weighted by Crippen LogP contribution is 2.56. The van der Waals surface area contributed by atoms with Gasteiger partial charge in [-0.25, -0.2) is 19.3 Å². The number of phosphoric acid groups is 3. The molecule has 1 fully saturated rings. The van der Waals surface area contributed by atoms with Crippen LogP contribution in [0.1, 0.15) is 123 Å². The van der Waals surface area contributed by atoms with Crippen LogP contribution in [0.25, 0.3) is 11.2 Å². The van der Waals surface area contributed by atoms with Crippen LogP contribution in [0, 0.1) is 5.41 Å². The first-order chi connectivity index (χ1) is 31.6. The zero-order chi connectivity index (χ0) is 49.7. The number of fused-ring (bicyclic) bond motifs is 1. The molecule has 0 aromatic carbocycles. The summed E-state index contributed by atoms with van der Waals surface area (Å²) in [6.07, 6.45) is 12.7. The Morgan fingerprint density at radius 1 is 0.910 bits per heavy atom. The van der Waals surface area contributed by atoms with Gasteiger partial charge in [-0.15, -0.1) is 0 Å². The molecule has 382 valence electrons. The van der Waals surface area contributed by atoms with E-state index in [-0.39, 0.29) is 41.6 Å². The predicted octanol–water partition coefficient (Wildman–Crippen LogP) is 2.17. The number of hydrogen-bond acceptors (Lipinski definition) is 22. The topological polar surface area (TPSA) is 375 Å². The number of nitrogen functional groups attached to an aromatic ring is 1. The number of carbonyl (C=O) groups is 3. The van der Waals surface area contributed by atoms with Gasteiger partial charge in [0.05, 0.1) is 27.4 Å². The van der Waals surface area contributed by atoms with E-state index in [1.807, 2.05) is 0 Å². The molecule has 2 aromatic rings. The predicted molar refractivity (Wildman–Crippen MR) is 238 cm³/mol. The molecule has 3 rings (SSSR count). The molecule has 0 spiro atoms. The number of ether oxygens (including phenoxy) is 1. The molecule has 67 heavy (non-hydrogen) atoms. The summed E-state index contributed by atoms with van der Waals surface area (Å²) in [5.74, 6) is -1.14. The molecule has 1 aliphatic heterocycles. The number of anilines is 1. The number of nitrogens with zero attached hydrogens (tertiary/aromatic N) is 4. The Hall–Kier alpha value is -2.70. The fraction of sp³-hybridized carbons (Fsp3) is 0.744. The number of aliphatic hydroxyl groups excluding tert-OH is 2. The number of thioether (sulfide) groups is 1. The van der Waals surface area contributed by atoms with E-state index in [4.69, 9.17) is 10.5 Å². The molecule has 6 N–H and O–H groups in total. The van der Waals surface area contributed by atoms with Gasteiger partial charge < -0.3 is 69.0 Å². The first kappa shape index (κ1) is 58.6. The minimum Gasteiger partial charge on any atom is -0.790 e. The number of aliphatic hydroxyl groups is 2. The lowest BCUT2D eigenvalue weighted by Gasteiger charge is -2.36. The monoisotopic (exact) mass is 1030 g/mol. The summed E-state index contributed by atoms with van der Waals surface area (Å²) < 4.78 is 60.8. The fourth-order valence-corrected chi connectivity index (χ4v) is 10.1. The van der Waals surface area contributed by atoms with E-state index >= 15 is 0 Å². The van der Waals surface area contributed by atoms with Crippen LogP contribution in [0.5, 0.6) is 0 Å². The molecule has 7 unspecified atom stereocenters. The van der Waals surface area contributed by atoms with Crippen molar-refractivity contribution >= 4 is 69.1 Å². The number of amides is 2. The van der Waals surface area contributed by atoms with E-state index in [1.54, 1.807) is 0 Å². The smallest absolute Gasteiger partial charge is 0.274 e. The van der Waals surface area contributed by atoms with Crippen LogP contribution < -0.4 is 35.9 Å². The molecular weight excluding hydrogens is 963 g/mol. The van der Waals surface area contributed by atoms with E-state index in [9.17, 15) is 57.9 Å². The second-order valence-electron chi connectivity index (χ2n) is 16.5. The summed E-state index contributed by atoms with van der Waals surface area (Å²) in [5, 5.41) is 26.5. The molecule has 0 radical (unpaired) electrons. The maximum absolute atomic E-state index is 12.6. The highest BCUT2D eigenvalue weighted by molar-refractivity contribution is 8.13. The van der Waals surface area contributed by atoms with E-state index in [0.717, 1.165) is 73.9 Å². The average Bonchev–Trinajstić information content (AvgIpc) is 3.81. The zero-order valence-corrected chi connectivity index (χ0v) is 41.5. The number of aromatic nitrogens is 4. The van der Waals surface area contributed by atoms with Crippen LogP contribution in [0.2, 0.25) is 0 Å². The Morgan fingerprint density at radius 3 is 2.19 bits per heavy atom. The van der Waals surface area contributed by atoms with Crippen molar-refractivity contribution in [2.75, 3.05) is 37.8 Å². The number of phosphoric ester groups is 3. The molecule has 2 aromatic heterocycles. The van der Waals surface area contributed by atoms with Gasteiger partial charge in [0.15, 0.2) is 22.8 Å². The number of imidazole rings is 1. The number of rotatable bonds is 34. The van der Waals surface area contributed by atoms with Crippen LogP contribution in [0.4, 0.5) is 5.82 Å². The van der Waals surface area contributed by atoms with Crippen LogP contribution >= 0.6 is 35.2 Å². The van der Waals surface area contributed by atoms with Crippen molar-refractivity contribution < 1.29 is 80.5 Å². The van der Waals surface area contributed by atoms with Crippen molar-refractivity contribution in [2.24, 2.45) is 5.41 Å². The lowest BCUT2D eigenvalue weighted by molar-refractivity contribution is -0.347. The summed E-state index contributed by atoms with van der Waals surface area (Å²) >= 11 is 1.14. The number of nitrogens with two attached hydrogens (primary N) is 1. The highest BCUT2D eigenvalue weighted by Gasteiger charge is 2.47. The number of nitrogens with one attached hydrogen (secondary N) is 2.